The van der Waals surface area contributed by atoms with Gasteiger partial charge in [-0.15, -0.1) is 0 Å². The molecule has 1 aromatic rings. The molecule has 1 fully saturated rings. The molecule has 1 aromatic carbocycles. The predicted molar refractivity (Wildman–Crippen MR) is 68.7 cm³/mol. The molecule has 1 N–H and O–H groups in total. The van der Waals surface area contributed by atoms with Crippen molar-refractivity contribution in [3.8, 4) is 0 Å². The van der Waals surface area contributed by atoms with E-state index in [1.165, 1.54) is 0 Å². The Morgan fingerprint density at radius 3 is 2.82 bits per heavy atom. The molecule has 1 aliphatic heterocycles. The fourth-order valence-electron chi connectivity index (χ4n) is 2.13. The van der Waals surface area contributed by atoms with E-state index in [9.17, 15) is 4.79 Å². The first-order chi connectivity index (χ1) is 8.15. The number of aliphatic hydroxyl groups is 1. The first-order valence-corrected chi connectivity index (χ1v) is 6.31. The highest BCUT2D eigenvalue weighted by Gasteiger charge is 2.35. The van der Waals surface area contributed by atoms with Gasteiger partial charge in [-0.2, -0.15) is 0 Å². The van der Waals surface area contributed by atoms with Crippen molar-refractivity contribution in [2.75, 3.05) is 26.7 Å². The highest BCUT2D eigenvalue weighted by atomic mass is 79.9. The van der Waals surface area contributed by atoms with Gasteiger partial charge < -0.3 is 14.9 Å². The maximum atomic E-state index is 11.9. The lowest BCUT2D eigenvalue weighted by atomic mass is 10.1. The molecule has 92 valence electrons. The zero-order chi connectivity index (χ0) is 12.4. The van der Waals surface area contributed by atoms with E-state index in [1.54, 1.807) is 16.8 Å². The van der Waals surface area contributed by atoms with Crippen LogP contribution in [0.25, 0.3) is 0 Å². The Bertz CT molecular complexity index is 425. The standard InChI is InChI=1S/C12H15BrN2O2/c1-14-11(8-15(6-7-16)12(14)17)9-4-2-3-5-10(9)13/h2-5,11,16H,6-8H2,1H3. The minimum atomic E-state index is -0.0280. The predicted octanol–water partition coefficient (Wildman–Crippen LogP) is 1.85. The second-order valence-electron chi connectivity index (χ2n) is 4.10. The van der Waals surface area contributed by atoms with Crippen LogP contribution in [0.2, 0.25) is 0 Å². The molecule has 1 unspecified atom stereocenters. The van der Waals surface area contributed by atoms with Crippen LogP contribution in [0.5, 0.6) is 0 Å². The van der Waals surface area contributed by atoms with Gasteiger partial charge in [-0.3, -0.25) is 0 Å². The number of carbonyl (C=O) groups is 1. The molecular formula is C12H15BrN2O2. The summed E-state index contributed by atoms with van der Waals surface area (Å²) in [6, 6.07) is 7.93. The number of carbonyl (C=O) groups excluding carboxylic acids is 1. The largest absolute Gasteiger partial charge is 0.395 e. The molecule has 4 nitrogen and oxygen atoms in total. The van der Waals surface area contributed by atoms with Crippen molar-refractivity contribution >= 4 is 22.0 Å². The highest BCUT2D eigenvalue weighted by molar-refractivity contribution is 9.10. The number of β-amino-alcohol motifs (C(OH)–C–C–N with tert-alkyl or cyclic N) is 1. The Labute approximate surface area is 109 Å². The van der Waals surface area contributed by atoms with Gasteiger partial charge in [0.25, 0.3) is 0 Å². The number of nitrogens with zero attached hydrogens (tertiary/aromatic N) is 2. The van der Waals surface area contributed by atoms with Crippen molar-refractivity contribution < 1.29 is 9.90 Å². The lowest BCUT2D eigenvalue weighted by Crippen LogP contribution is -2.31. The van der Waals surface area contributed by atoms with Crippen molar-refractivity contribution in [3.63, 3.8) is 0 Å². The molecule has 1 aliphatic rings. The molecule has 0 saturated carbocycles. The van der Waals surface area contributed by atoms with E-state index in [-0.39, 0.29) is 18.7 Å². The van der Waals surface area contributed by atoms with Crippen molar-refractivity contribution in [1.29, 1.82) is 0 Å². The molecular weight excluding hydrogens is 284 g/mol. The number of hydrogen-bond acceptors (Lipinski definition) is 2. The fourth-order valence-corrected chi connectivity index (χ4v) is 2.67. The molecule has 17 heavy (non-hydrogen) atoms. The lowest BCUT2D eigenvalue weighted by Gasteiger charge is -2.19. The number of halogens is 1. The maximum absolute atomic E-state index is 11.9. The zero-order valence-electron chi connectivity index (χ0n) is 9.64. The van der Waals surface area contributed by atoms with Crippen LogP contribution in [0.3, 0.4) is 0 Å². The number of likely N-dealkylation sites (N-methyl/N-ethyl adjacent to an activating group) is 1. The molecule has 2 amide bonds. The van der Waals surface area contributed by atoms with Gasteiger partial charge in [0.1, 0.15) is 0 Å². The summed E-state index contributed by atoms with van der Waals surface area (Å²) in [4.78, 5) is 15.3. The van der Waals surface area contributed by atoms with Gasteiger partial charge in [-0.1, -0.05) is 34.1 Å². The van der Waals surface area contributed by atoms with E-state index in [0.29, 0.717) is 13.1 Å². The summed E-state index contributed by atoms with van der Waals surface area (Å²) < 4.78 is 1.01. The number of benzene rings is 1. The number of aliphatic hydroxyl groups excluding tert-OH is 1. The SMILES string of the molecule is CN1C(=O)N(CCO)CC1c1ccccc1Br. The molecule has 5 heteroatoms. The van der Waals surface area contributed by atoms with E-state index < -0.39 is 0 Å². The Balaban J connectivity index is 2.24. The molecule has 0 aliphatic carbocycles. The topological polar surface area (TPSA) is 43.8 Å². The molecule has 2 rings (SSSR count). The van der Waals surface area contributed by atoms with Crippen LogP contribution < -0.4 is 0 Å². The molecule has 0 aromatic heterocycles. The van der Waals surface area contributed by atoms with Crippen molar-refractivity contribution in [3.05, 3.63) is 34.3 Å². The fraction of sp³-hybridized carbons (Fsp3) is 0.417. The van der Waals surface area contributed by atoms with Gasteiger partial charge >= 0.3 is 6.03 Å². The molecule has 0 spiro atoms. The average Bonchev–Trinajstić information content (AvgIpc) is 2.59. The van der Waals surface area contributed by atoms with Gasteiger partial charge in [0, 0.05) is 24.6 Å². The van der Waals surface area contributed by atoms with Crippen LogP contribution in [0, 0.1) is 0 Å². The Morgan fingerprint density at radius 2 is 2.18 bits per heavy atom. The third-order valence-electron chi connectivity index (χ3n) is 3.07. The van der Waals surface area contributed by atoms with E-state index in [1.807, 2.05) is 24.3 Å². The van der Waals surface area contributed by atoms with E-state index in [0.717, 1.165) is 10.0 Å². The molecule has 1 atom stereocenters. The monoisotopic (exact) mass is 298 g/mol. The zero-order valence-corrected chi connectivity index (χ0v) is 11.2. The van der Waals surface area contributed by atoms with Crippen LogP contribution in [0.4, 0.5) is 4.79 Å². The summed E-state index contributed by atoms with van der Waals surface area (Å²) in [6.07, 6.45) is 0. The number of urea groups is 1. The van der Waals surface area contributed by atoms with Crippen LogP contribution in [-0.4, -0.2) is 47.7 Å². The smallest absolute Gasteiger partial charge is 0.320 e. The molecule has 1 heterocycles. The molecule has 0 radical (unpaired) electrons. The Morgan fingerprint density at radius 1 is 1.47 bits per heavy atom. The molecule has 0 bridgehead atoms. The van der Waals surface area contributed by atoms with Gasteiger partial charge in [0.15, 0.2) is 0 Å². The quantitative estimate of drug-likeness (QED) is 0.925. The minimum absolute atomic E-state index is 0.00224. The number of amides is 2. The van der Waals surface area contributed by atoms with Gasteiger partial charge in [-0.25, -0.2) is 4.79 Å². The minimum Gasteiger partial charge on any atom is -0.395 e. The van der Waals surface area contributed by atoms with Crippen LogP contribution in [0.15, 0.2) is 28.7 Å². The first-order valence-electron chi connectivity index (χ1n) is 5.52. The van der Waals surface area contributed by atoms with Crippen LogP contribution in [-0.2, 0) is 0 Å². The summed E-state index contributed by atoms with van der Waals surface area (Å²) >= 11 is 3.51. The van der Waals surface area contributed by atoms with Gasteiger partial charge in [0.05, 0.1) is 12.6 Å². The van der Waals surface area contributed by atoms with Crippen molar-refractivity contribution in [1.82, 2.24) is 9.80 Å². The molecule has 1 saturated heterocycles. The summed E-state index contributed by atoms with van der Waals surface area (Å²) in [5.74, 6) is 0. The third kappa shape index (κ3) is 2.30. The third-order valence-corrected chi connectivity index (χ3v) is 3.79. The van der Waals surface area contributed by atoms with Crippen LogP contribution in [0.1, 0.15) is 11.6 Å². The van der Waals surface area contributed by atoms with Crippen LogP contribution >= 0.6 is 15.9 Å². The lowest BCUT2D eigenvalue weighted by molar-refractivity contribution is 0.182. The first kappa shape index (κ1) is 12.4. The van der Waals surface area contributed by atoms with Gasteiger partial charge in [0.2, 0.25) is 0 Å². The highest BCUT2D eigenvalue weighted by Crippen LogP contribution is 2.32. The Kier molecular flexibility index (Phi) is 3.69. The average molecular weight is 299 g/mol. The summed E-state index contributed by atoms with van der Waals surface area (Å²) in [6.45, 7) is 1.02. The second kappa shape index (κ2) is 5.06. The second-order valence-corrected chi connectivity index (χ2v) is 4.95. The summed E-state index contributed by atoms with van der Waals surface area (Å²) in [5, 5.41) is 8.92. The maximum Gasteiger partial charge on any atom is 0.320 e. The van der Waals surface area contributed by atoms with Gasteiger partial charge in [-0.05, 0) is 11.6 Å². The van der Waals surface area contributed by atoms with E-state index in [2.05, 4.69) is 15.9 Å². The Hall–Kier alpha value is -1.07. The van der Waals surface area contributed by atoms with Crippen molar-refractivity contribution in [2.45, 2.75) is 6.04 Å². The summed E-state index contributed by atoms with van der Waals surface area (Å²) in [7, 11) is 1.80. The summed E-state index contributed by atoms with van der Waals surface area (Å²) in [5.41, 5.74) is 1.10. The van der Waals surface area contributed by atoms with E-state index in [4.69, 9.17) is 5.11 Å². The van der Waals surface area contributed by atoms with Crippen molar-refractivity contribution in [2.24, 2.45) is 0 Å². The number of hydrogen-bond donors (Lipinski definition) is 1. The normalized spacial score (nSPS) is 20.2. The van der Waals surface area contributed by atoms with E-state index >= 15 is 0 Å². The number of rotatable bonds is 3.